The molecule has 0 spiro atoms. The highest BCUT2D eigenvalue weighted by atomic mass is 16.6. The van der Waals surface area contributed by atoms with E-state index in [4.69, 9.17) is 4.74 Å². The Morgan fingerprint density at radius 2 is 2.22 bits per heavy atom. The lowest BCUT2D eigenvalue weighted by molar-refractivity contribution is -0.384. The van der Waals surface area contributed by atoms with Gasteiger partial charge >= 0.3 is 5.97 Å². The van der Waals surface area contributed by atoms with Gasteiger partial charge in [0.1, 0.15) is 17.9 Å². The summed E-state index contributed by atoms with van der Waals surface area (Å²) in [4.78, 5) is 27.6. The van der Waals surface area contributed by atoms with E-state index in [1.807, 2.05) is 29.7 Å². The van der Waals surface area contributed by atoms with Crippen molar-refractivity contribution < 1.29 is 14.5 Å². The summed E-state index contributed by atoms with van der Waals surface area (Å²) in [6, 6.07) is 8.49. The summed E-state index contributed by atoms with van der Waals surface area (Å²) < 4.78 is 7.16. The summed E-state index contributed by atoms with van der Waals surface area (Å²) in [6.07, 6.45) is 5.66. The van der Waals surface area contributed by atoms with Gasteiger partial charge in [-0.1, -0.05) is 6.07 Å². The van der Waals surface area contributed by atoms with E-state index < -0.39 is 10.9 Å². The second kappa shape index (κ2) is 6.71. The lowest BCUT2D eigenvalue weighted by Crippen LogP contribution is -2.08. The third-order valence-electron chi connectivity index (χ3n) is 4.45. The van der Waals surface area contributed by atoms with Crippen LogP contribution in [0.2, 0.25) is 0 Å². The summed E-state index contributed by atoms with van der Waals surface area (Å²) in [7, 11) is 0. The molecule has 2 heterocycles. The summed E-state index contributed by atoms with van der Waals surface area (Å²) in [6.45, 7) is 1.95. The first kappa shape index (κ1) is 17.0. The Hall–Kier alpha value is -3.42. The first-order chi connectivity index (χ1) is 13.0. The number of nitrogens with zero attached hydrogens (tertiary/aromatic N) is 3. The van der Waals surface area contributed by atoms with Gasteiger partial charge in [-0.3, -0.25) is 10.1 Å². The second-order valence-electron chi connectivity index (χ2n) is 6.64. The number of nitrogens with one attached hydrogen (secondary N) is 1. The van der Waals surface area contributed by atoms with Crippen molar-refractivity contribution in [1.82, 2.24) is 9.38 Å². The zero-order valence-corrected chi connectivity index (χ0v) is 14.7. The molecule has 1 aromatic carbocycles. The van der Waals surface area contributed by atoms with Crippen LogP contribution in [0.15, 0.2) is 42.7 Å². The Morgan fingerprint density at radius 3 is 2.93 bits per heavy atom. The van der Waals surface area contributed by atoms with Crippen LogP contribution in [0.4, 0.5) is 11.4 Å². The van der Waals surface area contributed by atoms with E-state index >= 15 is 0 Å². The van der Waals surface area contributed by atoms with Gasteiger partial charge in [0.2, 0.25) is 0 Å². The number of benzene rings is 1. The predicted molar refractivity (Wildman–Crippen MR) is 98.8 cm³/mol. The maximum Gasteiger partial charge on any atom is 0.338 e. The Labute approximate surface area is 154 Å². The van der Waals surface area contributed by atoms with Crippen molar-refractivity contribution in [2.45, 2.75) is 32.4 Å². The molecule has 4 rings (SSSR count). The number of hydrogen-bond acceptors (Lipinski definition) is 6. The number of pyridine rings is 1. The molecule has 0 unspecified atom stereocenters. The van der Waals surface area contributed by atoms with Crippen LogP contribution in [0.25, 0.3) is 5.65 Å². The van der Waals surface area contributed by atoms with Gasteiger partial charge in [-0.15, -0.1) is 0 Å². The van der Waals surface area contributed by atoms with Crippen LogP contribution >= 0.6 is 0 Å². The van der Waals surface area contributed by atoms with Crippen LogP contribution in [-0.4, -0.2) is 26.3 Å². The van der Waals surface area contributed by atoms with E-state index in [1.165, 1.54) is 12.1 Å². The van der Waals surface area contributed by atoms with Crippen molar-refractivity contribution in [3.05, 3.63) is 69.7 Å². The van der Waals surface area contributed by atoms with Crippen LogP contribution in [0, 0.1) is 17.0 Å². The van der Waals surface area contributed by atoms with Crippen molar-refractivity contribution in [3.63, 3.8) is 0 Å². The van der Waals surface area contributed by atoms with E-state index in [9.17, 15) is 14.9 Å². The monoisotopic (exact) mass is 366 g/mol. The van der Waals surface area contributed by atoms with Gasteiger partial charge in [0.05, 0.1) is 16.2 Å². The van der Waals surface area contributed by atoms with E-state index in [0.29, 0.717) is 11.4 Å². The number of hydrogen-bond donors (Lipinski definition) is 1. The third kappa shape index (κ3) is 3.59. The molecule has 0 bridgehead atoms. The molecule has 0 amide bonds. The molecular formula is C19H18N4O4. The van der Waals surface area contributed by atoms with Crippen LogP contribution < -0.4 is 5.32 Å². The van der Waals surface area contributed by atoms with Crippen molar-refractivity contribution in [2.75, 3.05) is 5.32 Å². The number of ether oxygens (including phenoxy) is 1. The highest BCUT2D eigenvalue weighted by molar-refractivity contribution is 5.91. The average Bonchev–Trinajstić information content (AvgIpc) is 3.36. The van der Waals surface area contributed by atoms with Gasteiger partial charge in [-0.25, -0.2) is 9.78 Å². The minimum absolute atomic E-state index is 0.00414. The average molecular weight is 366 g/mol. The normalized spacial score (nSPS) is 13.5. The predicted octanol–water partition coefficient (Wildman–Crippen LogP) is 3.48. The lowest BCUT2D eigenvalue weighted by Gasteiger charge is -2.07. The molecule has 0 radical (unpaired) electrons. The van der Waals surface area contributed by atoms with Crippen molar-refractivity contribution in [1.29, 1.82) is 0 Å². The number of esters is 1. The maximum absolute atomic E-state index is 12.3. The fourth-order valence-corrected chi connectivity index (χ4v) is 2.88. The van der Waals surface area contributed by atoms with Gasteiger partial charge in [0, 0.05) is 24.5 Å². The van der Waals surface area contributed by atoms with E-state index in [0.717, 1.165) is 24.1 Å². The van der Waals surface area contributed by atoms with Crippen LogP contribution in [0.5, 0.6) is 0 Å². The number of aromatic nitrogens is 2. The van der Waals surface area contributed by atoms with Gasteiger partial charge < -0.3 is 14.5 Å². The smallest absolute Gasteiger partial charge is 0.338 e. The number of rotatable bonds is 6. The number of nitro benzene ring substituents is 1. The zero-order chi connectivity index (χ0) is 19.0. The van der Waals surface area contributed by atoms with Crippen molar-refractivity contribution >= 4 is 23.0 Å². The summed E-state index contributed by atoms with van der Waals surface area (Å²) in [5.74, 6) is -0.621. The number of aryl methyl sites for hydroxylation is 1. The zero-order valence-electron chi connectivity index (χ0n) is 14.7. The molecule has 1 N–H and O–H groups in total. The summed E-state index contributed by atoms with van der Waals surface area (Å²) >= 11 is 0. The fraction of sp³-hybridized carbons (Fsp3) is 0.263. The lowest BCUT2D eigenvalue weighted by atomic mass is 10.1. The Morgan fingerprint density at radius 1 is 1.41 bits per heavy atom. The van der Waals surface area contributed by atoms with Crippen LogP contribution in [0.1, 0.15) is 34.5 Å². The van der Waals surface area contributed by atoms with Crippen LogP contribution in [-0.2, 0) is 11.3 Å². The molecule has 27 heavy (non-hydrogen) atoms. The highest BCUT2D eigenvalue weighted by Crippen LogP contribution is 2.31. The fourth-order valence-electron chi connectivity index (χ4n) is 2.88. The molecule has 138 valence electrons. The number of imidazole rings is 1. The Bertz CT molecular complexity index is 1040. The van der Waals surface area contributed by atoms with E-state index in [-0.39, 0.29) is 23.9 Å². The number of anilines is 1. The number of nitro groups is 1. The van der Waals surface area contributed by atoms with Crippen molar-refractivity contribution in [2.24, 2.45) is 0 Å². The number of carbonyl (C=O) groups is 1. The number of fused-ring (bicyclic) bond motifs is 1. The first-order valence-electron chi connectivity index (χ1n) is 8.66. The van der Waals surface area contributed by atoms with E-state index in [1.54, 1.807) is 12.3 Å². The largest absolute Gasteiger partial charge is 0.456 e. The van der Waals surface area contributed by atoms with Crippen molar-refractivity contribution in [3.8, 4) is 0 Å². The molecule has 3 aromatic rings. The number of carbonyl (C=O) groups excluding carboxylic acids is 1. The topological polar surface area (TPSA) is 98.8 Å². The summed E-state index contributed by atoms with van der Waals surface area (Å²) in [5.41, 5.74) is 2.87. The molecule has 8 heteroatoms. The van der Waals surface area contributed by atoms with Gasteiger partial charge in [-0.2, -0.15) is 0 Å². The highest BCUT2D eigenvalue weighted by Gasteiger charge is 2.25. The van der Waals surface area contributed by atoms with Gasteiger partial charge in [-0.05, 0) is 43.5 Å². The second-order valence-corrected chi connectivity index (χ2v) is 6.64. The SMILES string of the molecule is Cc1cccn2cc(COC(=O)c3ccc(NC4CC4)c([N+](=O)[O-])c3)nc12. The Kier molecular flexibility index (Phi) is 4.23. The standard InChI is InChI=1S/C19H18N4O4/c1-12-3-2-8-22-10-15(21-18(12)22)11-27-19(24)13-4-7-16(20-14-5-6-14)17(9-13)23(25)26/h2-4,7-10,14,20H,5-6,11H2,1H3. The first-order valence-corrected chi connectivity index (χ1v) is 8.66. The molecule has 1 saturated carbocycles. The maximum atomic E-state index is 12.3. The molecule has 0 saturated heterocycles. The quantitative estimate of drug-likeness (QED) is 0.407. The molecule has 1 aliphatic rings. The molecule has 0 aliphatic heterocycles. The third-order valence-corrected chi connectivity index (χ3v) is 4.45. The minimum atomic E-state index is -0.621. The molecular weight excluding hydrogens is 348 g/mol. The molecule has 0 atom stereocenters. The van der Waals surface area contributed by atoms with Crippen LogP contribution in [0.3, 0.4) is 0 Å². The molecule has 8 nitrogen and oxygen atoms in total. The van der Waals surface area contributed by atoms with Gasteiger partial charge in [0.15, 0.2) is 0 Å². The van der Waals surface area contributed by atoms with E-state index in [2.05, 4.69) is 10.3 Å². The molecule has 1 fully saturated rings. The Balaban J connectivity index is 1.49. The molecule has 1 aliphatic carbocycles. The van der Waals surface area contributed by atoms with Gasteiger partial charge in [0.25, 0.3) is 5.69 Å². The molecule has 2 aromatic heterocycles. The summed E-state index contributed by atoms with van der Waals surface area (Å²) in [5, 5.41) is 14.4. The minimum Gasteiger partial charge on any atom is -0.456 e.